The maximum Gasteiger partial charge on any atom is 0.225 e. The molecular weight excluding hydrogens is 385 g/mol. The van der Waals surface area contributed by atoms with E-state index in [9.17, 15) is 9.50 Å². The second-order valence-corrected chi connectivity index (χ2v) is 8.85. The zero-order valence-electron chi connectivity index (χ0n) is 17.3. The molecule has 4 heterocycles. The first-order chi connectivity index (χ1) is 14.5. The topological polar surface area (TPSA) is 65.0 Å². The van der Waals surface area contributed by atoms with Crippen molar-refractivity contribution in [2.24, 2.45) is 0 Å². The molecule has 1 aromatic heterocycles. The quantitative estimate of drug-likeness (QED) is 0.822. The minimum atomic E-state index is -0.572. The van der Waals surface area contributed by atoms with Gasteiger partial charge in [0.2, 0.25) is 5.95 Å². The minimum Gasteiger partial charge on any atom is -0.505 e. The first-order valence-corrected chi connectivity index (χ1v) is 10.6. The number of likely N-dealkylation sites (tertiary alicyclic amines) is 1. The number of fused-ring (bicyclic) bond motifs is 2. The molecule has 8 heteroatoms. The van der Waals surface area contributed by atoms with Gasteiger partial charge in [0.25, 0.3) is 0 Å². The summed E-state index contributed by atoms with van der Waals surface area (Å²) in [7, 11) is 2.14. The lowest BCUT2D eigenvalue weighted by Gasteiger charge is -2.36. The minimum absolute atomic E-state index is 0.146. The third kappa shape index (κ3) is 3.64. The zero-order valence-corrected chi connectivity index (χ0v) is 17.3. The zero-order chi connectivity index (χ0) is 20.7. The van der Waals surface area contributed by atoms with Crippen LogP contribution in [0.1, 0.15) is 23.2 Å². The number of hydrogen-bond donors (Lipinski definition) is 1. The summed E-state index contributed by atoms with van der Waals surface area (Å²) in [5.74, 6) is -0.0566. The third-order valence-corrected chi connectivity index (χ3v) is 6.63. The normalized spacial score (nSPS) is 25.1. The molecule has 2 saturated heterocycles. The fourth-order valence-corrected chi connectivity index (χ4v) is 4.86. The van der Waals surface area contributed by atoms with Gasteiger partial charge in [0.1, 0.15) is 0 Å². The van der Waals surface area contributed by atoms with Crippen LogP contribution < -0.4 is 4.90 Å². The number of aromatic hydroxyl groups is 1. The average molecular weight is 413 g/mol. The number of benzene rings is 1. The number of hydrogen-bond acceptors (Lipinski definition) is 7. The summed E-state index contributed by atoms with van der Waals surface area (Å²) in [6.07, 6.45) is 2.90. The van der Waals surface area contributed by atoms with Gasteiger partial charge in [-0.05, 0) is 37.7 Å². The van der Waals surface area contributed by atoms with Gasteiger partial charge in [-0.1, -0.05) is 6.07 Å². The Balaban J connectivity index is 1.37. The fourth-order valence-electron chi connectivity index (χ4n) is 4.86. The molecule has 1 aromatic carbocycles. The van der Waals surface area contributed by atoms with Gasteiger partial charge >= 0.3 is 0 Å². The number of phenolic OH excluding ortho intramolecular Hbond substituents is 1. The molecule has 160 valence electrons. The molecule has 0 amide bonds. The first kappa shape index (κ1) is 19.7. The summed E-state index contributed by atoms with van der Waals surface area (Å²) in [6, 6.07) is 4.62. The summed E-state index contributed by atoms with van der Waals surface area (Å²) < 4.78 is 19.7. The molecule has 0 bridgehead atoms. The van der Waals surface area contributed by atoms with Crippen LogP contribution >= 0.6 is 0 Å². The highest BCUT2D eigenvalue weighted by molar-refractivity contribution is 5.39. The lowest BCUT2D eigenvalue weighted by molar-refractivity contribution is 0.0502. The Hall–Kier alpha value is -2.29. The molecular formula is C22H28FN5O2. The Bertz CT molecular complexity index is 934. The maximum absolute atomic E-state index is 13.7. The molecule has 3 aliphatic rings. The lowest BCUT2D eigenvalue weighted by atomic mass is 9.80. The van der Waals surface area contributed by atoms with E-state index in [0.29, 0.717) is 19.8 Å². The van der Waals surface area contributed by atoms with Gasteiger partial charge in [0.05, 0.1) is 24.3 Å². The number of aromatic nitrogens is 2. The van der Waals surface area contributed by atoms with Crippen LogP contribution in [0.15, 0.2) is 24.4 Å². The van der Waals surface area contributed by atoms with Crippen LogP contribution in [0.2, 0.25) is 0 Å². The van der Waals surface area contributed by atoms with Crippen molar-refractivity contribution in [3.8, 4) is 5.75 Å². The molecule has 30 heavy (non-hydrogen) atoms. The number of likely N-dealkylation sites (N-methyl/N-ethyl adjacent to an activating group) is 1. The summed E-state index contributed by atoms with van der Waals surface area (Å²) >= 11 is 0. The van der Waals surface area contributed by atoms with E-state index in [0.717, 1.165) is 68.5 Å². The van der Waals surface area contributed by atoms with Crippen LogP contribution in [0.25, 0.3) is 0 Å². The SMILES string of the molecule is CN1CCN(c2ncc3c(n2)[C@@]2(CCN(Cc4ccc(O)c(F)c4)C2)COC3)CC1. The van der Waals surface area contributed by atoms with Crippen molar-refractivity contribution in [3.63, 3.8) is 0 Å². The van der Waals surface area contributed by atoms with E-state index in [2.05, 4.69) is 26.7 Å². The van der Waals surface area contributed by atoms with E-state index in [1.807, 2.05) is 6.20 Å². The Kier molecular flexibility index (Phi) is 5.08. The second-order valence-electron chi connectivity index (χ2n) is 8.85. The number of phenols is 1. The van der Waals surface area contributed by atoms with E-state index >= 15 is 0 Å². The summed E-state index contributed by atoms with van der Waals surface area (Å²) in [5.41, 5.74) is 2.92. The van der Waals surface area contributed by atoms with Gasteiger partial charge in [-0.15, -0.1) is 0 Å². The average Bonchev–Trinajstić information content (AvgIpc) is 3.14. The smallest absolute Gasteiger partial charge is 0.225 e. The number of halogens is 1. The highest BCUT2D eigenvalue weighted by atomic mass is 19.1. The number of nitrogens with zero attached hydrogens (tertiary/aromatic N) is 5. The van der Waals surface area contributed by atoms with Crippen molar-refractivity contribution in [3.05, 3.63) is 47.0 Å². The molecule has 1 spiro atoms. The molecule has 0 aliphatic carbocycles. The highest BCUT2D eigenvalue weighted by Gasteiger charge is 2.45. The molecule has 5 rings (SSSR count). The van der Waals surface area contributed by atoms with Crippen LogP contribution in [0.5, 0.6) is 5.75 Å². The van der Waals surface area contributed by atoms with Gasteiger partial charge in [-0.2, -0.15) is 0 Å². The predicted octanol–water partition coefficient (Wildman–Crippen LogP) is 1.75. The van der Waals surface area contributed by atoms with Gasteiger partial charge in [-0.25, -0.2) is 14.4 Å². The Morgan fingerprint density at radius 3 is 2.83 bits per heavy atom. The van der Waals surface area contributed by atoms with Gasteiger partial charge < -0.3 is 19.6 Å². The van der Waals surface area contributed by atoms with Crippen LogP contribution in [0.3, 0.4) is 0 Å². The Morgan fingerprint density at radius 1 is 1.20 bits per heavy atom. The fraction of sp³-hybridized carbons (Fsp3) is 0.545. The van der Waals surface area contributed by atoms with E-state index in [1.54, 1.807) is 6.07 Å². The molecule has 2 fully saturated rings. The van der Waals surface area contributed by atoms with Crippen molar-refractivity contribution in [2.75, 3.05) is 57.8 Å². The molecule has 1 N–H and O–H groups in total. The third-order valence-electron chi connectivity index (χ3n) is 6.63. The number of rotatable bonds is 3. The highest BCUT2D eigenvalue weighted by Crippen LogP contribution is 2.40. The number of piperazine rings is 1. The Morgan fingerprint density at radius 2 is 2.03 bits per heavy atom. The van der Waals surface area contributed by atoms with Crippen molar-refractivity contribution in [1.82, 2.24) is 19.8 Å². The monoisotopic (exact) mass is 413 g/mol. The van der Waals surface area contributed by atoms with Crippen molar-refractivity contribution >= 4 is 5.95 Å². The van der Waals surface area contributed by atoms with E-state index in [4.69, 9.17) is 9.72 Å². The van der Waals surface area contributed by atoms with Gasteiger partial charge in [0.15, 0.2) is 11.6 Å². The van der Waals surface area contributed by atoms with Gasteiger partial charge in [0, 0.05) is 51.0 Å². The molecule has 0 saturated carbocycles. The van der Waals surface area contributed by atoms with E-state index < -0.39 is 5.82 Å². The standard InChI is InChI=1S/C22H28FN5O2/c1-26-6-8-28(9-7-26)21-24-11-17-13-30-15-22(20(17)25-21)4-5-27(14-22)12-16-2-3-19(29)18(23)10-16/h2-3,10-11,29H,4-9,12-15H2,1H3/t22-/m1/s1. The van der Waals surface area contributed by atoms with Crippen LogP contribution in [-0.4, -0.2) is 77.8 Å². The summed E-state index contributed by atoms with van der Waals surface area (Å²) in [5, 5.41) is 9.43. The van der Waals surface area contributed by atoms with Crippen molar-refractivity contribution in [1.29, 1.82) is 0 Å². The summed E-state index contributed by atoms with van der Waals surface area (Å²) in [4.78, 5) is 16.6. The summed E-state index contributed by atoms with van der Waals surface area (Å²) in [6.45, 7) is 7.50. The number of anilines is 1. The van der Waals surface area contributed by atoms with Crippen LogP contribution in [0, 0.1) is 5.82 Å². The number of ether oxygens (including phenoxy) is 1. The molecule has 3 aliphatic heterocycles. The largest absolute Gasteiger partial charge is 0.505 e. The van der Waals surface area contributed by atoms with Crippen LogP contribution in [-0.2, 0) is 23.3 Å². The maximum atomic E-state index is 13.7. The molecule has 2 aromatic rings. The van der Waals surface area contributed by atoms with E-state index in [-0.39, 0.29) is 11.2 Å². The van der Waals surface area contributed by atoms with E-state index in [1.165, 1.54) is 12.1 Å². The molecule has 7 nitrogen and oxygen atoms in total. The van der Waals surface area contributed by atoms with Crippen LogP contribution in [0.4, 0.5) is 10.3 Å². The molecule has 0 unspecified atom stereocenters. The first-order valence-electron chi connectivity index (χ1n) is 10.6. The Labute approximate surface area is 176 Å². The lowest BCUT2D eigenvalue weighted by Crippen LogP contribution is -2.46. The predicted molar refractivity (Wildman–Crippen MR) is 111 cm³/mol. The molecule has 0 radical (unpaired) electrons. The van der Waals surface area contributed by atoms with Crippen molar-refractivity contribution < 1.29 is 14.2 Å². The molecule has 1 atom stereocenters. The van der Waals surface area contributed by atoms with Gasteiger partial charge in [-0.3, -0.25) is 4.90 Å². The van der Waals surface area contributed by atoms with Crippen molar-refractivity contribution in [2.45, 2.75) is 25.0 Å². The second kappa shape index (κ2) is 7.76.